The molecule has 1 heterocycles. The topological polar surface area (TPSA) is 106 Å². The van der Waals surface area contributed by atoms with Gasteiger partial charge in [-0.05, 0) is 51.1 Å². The molecule has 3 amide bonds. The van der Waals surface area contributed by atoms with Gasteiger partial charge in [0.1, 0.15) is 6.04 Å². The van der Waals surface area contributed by atoms with E-state index in [4.69, 9.17) is 14.2 Å². The van der Waals surface area contributed by atoms with Gasteiger partial charge in [-0.3, -0.25) is 4.79 Å². The molecule has 2 aromatic carbocycles. The van der Waals surface area contributed by atoms with Crippen molar-refractivity contribution in [2.24, 2.45) is 0 Å². The van der Waals surface area contributed by atoms with Crippen molar-refractivity contribution in [3.8, 4) is 0 Å². The maximum atomic E-state index is 13.2. The Balaban J connectivity index is 1.69. The Bertz CT molecular complexity index is 972. The Kier molecular flexibility index (Phi) is 8.39. The summed E-state index contributed by atoms with van der Waals surface area (Å²) in [6, 6.07) is 12.2. The lowest BCUT2D eigenvalue weighted by molar-refractivity contribution is -0.135. The van der Waals surface area contributed by atoms with E-state index in [0.29, 0.717) is 35.7 Å². The summed E-state index contributed by atoms with van der Waals surface area (Å²) in [4.78, 5) is 39.2. The molecule has 1 aliphatic heterocycles. The highest BCUT2D eigenvalue weighted by atomic mass is 16.7. The third-order valence-corrected chi connectivity index (χ3v) is 5.02. The summed E-state index contributed by atoms with van der Waals surface area (Å²) >= 11 is 0. The van der Waals surface area contributed by atoms with Crippen LogP contribution in [-0.2, 0) is 19.0 Å². The molecule has 1 aliphatic rings. The van der Waals surface area contributed by atoms with Crippen LogP contribution < -0.4 is 15.5 Å². The maximum Gasteiger partial charge on any atom is 0.338 e. The lowest BCUT2D eigenvalue weighted by atomic mass is 10.1. The lowest BCUT2D eigenvalue weighted by Gasteiger charge is -2.24. The molecule has 0 bridgehead atoms. The molecule has 9 nitrogen and oxygen atoms in total. The molecule has 2 aromatic rings. The van der Waals surface area contributed by atoms with Gasteiger partial charge in [0.25, 0.3) is 5.91 Å². The minimum absolute atomic E-state index is 0.215. The summed E-state index contributed by atoms with van der Waals surface area (Å²) in [6.45, 7) is 6.85. The molecule has 2 N–H and O–H groups in total. The predicted molar refractivity (Wildman–Crippen MR) is 123 cm³/mol. The Hall–Kier alpha value is -3.43. The lowest BCUT2D eigenvalue weighted by Crippen LogP contribution is -2.43. The highest BCUT2D eigenvalue weighted by molar-refractivity contribution is 6.07. The molecular formula is C24H29N3O6. The summed E-state index contributed by atoms with van der Waals surface area (Å²) in [5.74, 6) is -0.701. The zero-order valence-corrected chi connectivity index (χ0v) is 19.0. The van der Waals surface area contributed by atoms with Crippen molar-refractivity contribution in [1.29, 1.82) is 0 Å². The molecule has 0 unspecified atom stereocenters. The first-order valence-electron chi connectivity index (χ1n) is 11.0. The monoisotopic (exact) mass is 455 g/mol. The highest BCUT2D eigenvalue weighted by Crippen LogP contribution is 2.36. The largest absolute Gasteiger partial charge is 0.462 e. The summed E-state index contributed by atoms with van der Waals surface area (Å²) in [5, 5.41) is 5.44. The number of benzene rings is 2. The second kappa shape index (κ2) is 11.4. The Morgan fingerprint density at radius 2 is 1.64 bits per heavy atom. The third-order valence-electron chi connectivity index (χ3n) is 5.02. The van der Waals surface area contributed by atoms with Crippen LogP contribution in [0.15, 0.2) is 48.5 Å². The summed E-state index contributed by atoms with van der Waals surface area (Å²) in [5.41, 5.74) is 2.26. The maximum absolute atomic E-state index is 13.2. The number of anilines is 2. The van der Waals surface area contributed by atoms with E-state index in [-0.39, 0.29) is 19.1 Å². The van der Waals surface area contributed by atoms with Gasteiger partial charge in [0.05, 0.1) is 18.7 Å². The normalized spacial score (nSPS) is 14.8. The number of ether oxygens (including phenoxy) is 3. The molecule has 0 spiro atoms. The molecule has 0 fully saturated rings. The minimum Gasteiger partial charge on any atom is -0.462 e. The van der Waals surface area contributed by atoms with Crippen molar-refractivity contribution >= 4 is 29.3 Å². The van der Waals surface area contributed by atoms with E-state index in [1.54, 1.807) is 36.1 Å². The number of carbonyl (C=O) groups excluding carboxylic acids is 3. The van der Waals surface area contributed by atoms with Crippen LogP contribution in [0.4, 0.5) is 16.2 Å². The van der Waals surface area contributed by atoms with Crippen molar-refractivity contribution in [2.75, 3.05) is 36.6 Å². The number of rotatable bonds is 10. The standard InChI is InChI=1S/C24H29N3O6/c1-4-31-20(32-5-2)15-27-19-10-8-7-9-18(19)21(22(27)28)26-24(30)25-17-13-11-16(12-14-17)23(29)33-6-3/h7-14,20-21H,4-6,15H2,1-3H3,(H2,25,26,30)/t21-/m0/s1. The number of carbonyl (C=O) groups is 3. The van der Waals surface area contributed by atoms with Crippen LogP contribution in [0.25, 0.3) is 0 Å². The van der Waals surface area contributed by atoms with Crippen LogP contribution in [0.1, 0.15) is 42.7 Å². The van der Waals surface area contributed by atoms with Crippen molar-refractivity contribution in [3.63, 3.8) is 0 Å². The van der Waals surface area contributed by atoms with Gasteiger partial charge in [-0.1, -0.05) is 18.2 Å². The SMILES string of the molecule is CCOC(=O)c1ccc(NC(=O)N[C@@H]2C(=O)N(CC(OCC)OCC)c3ccccc32)cc1. The number of nitrogens with one attached hydrogen (secondary N) is 2. The summed E-state index contributed by atoms with van der Waals surface area (Å²) < 4.78 is 16.1. The zero-order valence-electron chi connectivity index (χ0n) is 19.0. The zero-order chi connectivity index (χ0) is 23.8. The van der Waals surface area contributed by atoms with E-state index < -0.39 is 24.3 Å². The first-order chi connectivity index (χ1) is 16.0. The first-order valence-corrected chi connectivity index (χ1v) is 11.0. The van der Waals surface area contributed by atoms with E-state index in [9.17, 15) is 14.4 Å². The van der Waals surface area contributed by atoms with Crippen molar-refractivity contribution in [3.05, 3.63) is 59.7 Å². The molecule has 0 radical (unpaired) electrons. The molecule has 33 heavy (non-hydrogen) atoms. The van der Waals surface area contributed by atoms with Gasteiger partial charge in [-0.2, -0.15) is 0 Å². The predicted octanol–water partition coefficient (Wildman–Crippen LogP) is 3.47. The van der Waals surface area contributed by atoms with E-state index in [2.05, 4.69) is 10.6 Å². The van der Waals surface area contributed by atoms with Gasteiger partial charge in [-0.25, -0.2) is 9.59 Å². The van der Waals surface area contributed by atoms with Crippen LogP contribution >= 0.6 is 0 Å². The average molecular weight is 456 g/mol. The minimum atomic E-state index is -0.844. The van der Waals surface area contributed by atoms with E-state index >= 15 is 0 Å². The van der Waals surface area contributed by atoms with Gasteiger partial charge >= 0.3 is 12.0 Å². The number of hydrogen-bond acceptors (Lipinski definition) is 6. The third kappa shape index (κ3) is 5.88. The molecule has 0 saturated heterocycles. The first kappa shape index (κ1) is 24.2. The fourth-order valence-corrected chi connectivity index (χ4v) is 3.59. The number of esters is 1. The molecule has 3 rings (SSSR count). The van der Waals surface area contributed by atoms with E-state index in [0.717, 1.165) is 0 Å². The van der Waals surface area contributed by atoms with Gasteiger partial charge in [-0.15, -0.1) is 0 Å². The van der Waals surface area contributed by atoms with Crippen LogP contribution in [-0.4, -0.2) is 50.6 Å². The number of amides is 3. The Morgan fingerprint density at radius 3 is 2.27 bits per heavy atom. The smallest absolute Gasteiger partial charge is 0.338 e. The fraction of sp³-hybridized carbons (Fsp3) is 0.375. The average Bonchev–Trinajstić information content (AvgIpc) is 3.06. The van der Waals surface area contributed by atoms with Crippen LogP contribution in [0.5, 0.6) is 0 Å². The van der Waals surface area contributed by atoms with E-state index in [1.807, 2.05) is 38.1 Å². The molecule has 9 heteroatoms. The van der Waals surface area contributed by atoms with Crippen LogP contribution in [0.3, 0.4) is 0 Å². The summed E-state index contributed by atoms with van der Waals surface area (Å²) in [7, 11) is 0. The van der Waals surface area contributed by atoms with Gasteiger partial charge in [0.2, 0.25) is 0 Å². The van der Waals surface area contributed by atoms with Gasteiger partial charge in [0.15, 0.2) is 6.29 Å². The second-order valence-corrected chi connectivity index (χ2v) is 7.18. The Morgan fingerprint density at radius 1 is 0.970 bits per heavy atom. The fourth-order valence-electron chi connectivity index (χ4n) is 3.59. The van der Waals surface area contributed by atoms with Crippen LogP contribution in [0.2, 0.25) is 0 Å². The van der Waals surface area contributed by atoms with E-state index in [1.165, 1.54) is 0 Å². The Labute approximate surface area is 193 Å². The van der Waals surface area contributed by atoms with Gasteiger partial charge in [0, 0.05) is 30.2 Å². The molecule has 1 atom stereocenters. The molecule has 0 aromatic heterocycles. The van der Waals surface area contributed by atoms with Crippen molar-refractivity contribution in [1.82, 2.24) is 5.32 Å². The van der Waals surface area contributed by atoms with Crippen molar-refractivity contribution in [2.45, 2.75) is 33.1 Å². The number of para-hydroxylation sites is 1. The van der Waals surface area contributed by atoms with Gasteiger partial charge < -0.3 is 29.7 Å². The number of urea groups is 1. The highest BCUT2D eigenvalue weighted by Gasteiger charge is 2.39. The number of nitrogens with zero attached hydrogens (tertiary/aromatic N) is 1. The molecule has 176 valence electrons. The van der Waals surface area contributed by atoms with Crippen molar-refractivity contribution < 1.29 is 28.6 Å². The molecule has 0 aliphatic carbocycles. The molecule has 0 saturated carbocycles. The quantitative estimate of drug-likeness (QED) is 0.420. The molecular weight excluding hydrogens is 426 g/mol. The van der Waals surface area contributed by atoms with Crippen LogP contribution in [0, 0.1) is 0 Å². The number of fused-ring (bicyclic) bond motifs is 1. The summed E-state index contributed by atoms with van der Waals surface area (Å²) in [6.07, 6.45) is -0.567. The number of hydrogen-bond donors (Lipinski definition) is 2. The second-order valence-electron chi connectivity index (χ2n) is 7.18.